The summed E-state index contributed by atoms with van der Waals surface area (Å²) >= 11 is 0. The maximum atomic E-state index is 12.3. The molecule has 0 spiro atoms. The molecule has 3 rings (SSSR count). The highest BCUT2D eigenvalue weighted by atomic mass is 16.6. The van der Waals surface area contributed by atoms with Crippen LogP contribution in [0.15, 0.2) is 36.4 Å². The van der Waals surface area contributed by atoms with Crippen LogP contribution in [0.4, 0.5) is 0 Å². The molecular formula is C20H24O4. The van der Waals surface area contributed by atoms with Crippen LogP contribution >= 0.6 is 0 Å². The van der Waals surface area contributed by atoms with Gasteiger partial charge in [0, 0.05) is 5.92 Å². The molecule has 4 nitrogen and oxygen atoms in total. The molecule has 128 valence electrons. The van der Waals surface area contributed by atoms with Crippen molar-refractivity contribution in [2.75, 3.05) is 6.61 Å². The molecule has 0 radical (unpaired) electrons. The third-order valence-corrected chi connectivity index (χ3v) is 4.81. The number of benzene rings is 1. The molecule has 1 heterocycles. The van der Waals surface area contributed by atoms with Gasteiger partial charge in [0.2, 0.25) is 0 Å². The highest BCUT2D eigenvalue weighted by Gasteiger charge is 2.55. The molecule has 0 unspecified atom stereocenters. The first kappa shape index (κ1) is 16.7. The second-order valence-corrected chi connectivity index (χ2v) is 7.96. The quantitative estimate of drug-likeness (QED) is 0.627. The Morgan fingerprint density at radius 1 is 1.33 bits per heavy atom. The molecule has 2 atom stereocenters. The molecule has 0 aromatic heterocycles. The Morgan fingerprint density at radius 2 is 2.00 bits per heavy atom. The number of hydrogen-bond donors (Lipinski definition) is 0. The molecule has 24 heavy (non-hydrogen) atoms. The summed E-state index contributed by atoms with van der Waals surface area (Å²) < 4.78 is 10.7. The Balaban J connectivity index is 1.76. The number of hydrogen-bond acceptors (Lipinski definition) is 4. The fraction of sp³-hybridized carbons (Fsp3) is 0.500. The van der Waals surface area contributed by atoms with Gasteiger partial charge >= 0.3 is 11.9 Å². The second-order valence-electron chi connectivity index (χ2n) is 7.96. The van der Waals surface area contributed by atoms with Crippen molar-refractivity contribution in [1.29, 1.82) is 0 Å². The van der Waals surface area contributed by atoms with Crippen molar-refractivity contribution in [3.63, 3.8) is 0 Å². The van der Waals surface area contributed by atoms with E-state index in [2.05, 4.69) is 6.58 Å². The summed E-state index contributed by atoms with van der Waals surface area (Å²) in [5.74, 6) is -0.218. The predicted molar refractivity (Wildman–Crippen MR) is 90.6 cm³/mol. The fourth-order valence-electron chi connectivity index (χ4n) is 3.72. The van der Waals surface area contributed by atoms with Crippen molar-refractivity contribution in [2.45, 2.75) is 45.6 Å². The summed E-state index contributed by atoms with van der Waals surface area (Å²) in [5, 5.41) is 0. The smallest absolute Gasteiger partial charge is 0.338 e. The van der Waals surface area contributed by atoms with E-state index in [1.165, 1.54) is 0 Å². The van der Waals surface area contributed by atoms with E-state index in [4.69, 9.17) is 9.47 Å². The van der Waals surface area contributed by atoms with Crippen LogP contribution in [0, 0.1) is 11.3 Å². The van der Waals surface area contributed by atoms with E-state index in [0.29, 0.717) is 25.0 Å². The molecule has 0 amide bonds. The van der Waals surface area contributed by atoms with Crippen LogP contribution in [0.25, 0.3) is 0 Å². The summed E-state index contributed by atoms with van der Waals surface area (Å²) in [6.45, 7) is 10.1. The normalized spacial score (nSPS) is 26.2. The van der Waals surface area contributed by atoms with Gasteiger partial charge in [0.15, 0.2) is 0 Å². The van der Waals surface area contributed by atoms with Gasteiger partial charge in [-0.25, -0.2) is 4.79 Å². The molecule has 1 aromatic rings. The number of fused-ring (bicyclic) bond motifs is 1. The van der Waals surface area contributed by atoms with E-state index in [1.807, 2.05) is 32.9 Å². The zero-order valence-corrected chi connectivity index (χ0v) is 14.6. The molecule has 4 heteroatoms. The van der Waals surface area contributed by atoms with Crippen molar-refractivity contribution in [3.05, 3.63) is 47.5 Å². The summed E-state index contributed by atoms with van der Waals surface area (Å²) in [6.07, 6.45) is 2.19. The number of ether oxygens (including phenoxy) is 2. The highest BCUT2D eigenvalue weighted by molar-refractivity contribution is 5.89. The molecule has 1 saturated heterocycles. The lowest BCUT2D eigenvalue weighted by molar-refractivity contribution is -0.146. The van der Waals surface area contributed by atoms with Crippen LogP contribution in [0.5, 0.6) is 0 Å². The van der Waals surface area contributed by atoms with Gasteiger partial charge in [-0.1, -0.05) is 24.3 Å². The summed E-state index contributed by atoms with van der Waals surface area (Å²) in [5.41, 5.74) is 1.69. The molecule has 1 aromatic carbocycles. The monoisotopic (exact) mass is 328 g/mol. The van der Waals surface area contributed by atoms with Crippen molar-refractivity contribution >= 4 is 11.9 Å². The topological polar surface area (TPSA) is 52.6 Å². The van der Waals surface area contributed by atoms with Gasteiger partial charge in [-0.05, 0) is 57.7 Å². The number of carbonyl (C=O) groups is 2. The Labute approximate surface area is 142 Å². The fourth-order valence-corrected chi connectivity index (χ4v) is 3.72. The average molecular weight is 328 g/mol. The number of cyclic esters (lactones) is 1. The molecule has 0 bridgehead atoms. The Kier molecular flexibility index (Phi) is 4.02. The minimum atomic E-state index is -0.514. The van der Waals surface area contributed by atoms with E-state index < -0.39 is 11.0 Å². The van der Waals surface area contributed by atoms with Gasteiger partial charge in [-0.3, -0.25) is 4.79 Å². The third kappa shape index (κ3) is 3.10. The zero-order valence-electron chi connectivity index (χ0n) is 14.6. The van der Waals surface area contributed by atoms with Crippen LogP contribution < -0.4 is 0 Å². The Bertz CT molecular complexity index is 681. The van der Waals surface area contributed by atoms with Crippen LogP contribution in [0.2, 0.25) is 0 Å². The van der Waals surface area contributed by atoms with Crippen LogP contribution in [0.1, 0.15) is 49.5 Å². The molecule has 0 N–H and O–H groups in total. The average Bonchev–Trinajstić information content (AvgIpc) is 2.93. The predicted octanol–water partition coefficient (Wildman–Crippen LogP) is 3.69. The second kappa shape index (κ2) is 5.76. The van der Waals surface area contributed by atoms with Crippen LogP contribution in [-0.4, -0.2) is 24.1 Å². The maximum absolute atomic E-state index is 12.3. The van der Waals surface area contributed by atoms with Crippen molar-refractivity contribution in [1.82, 2.24) is 0 Å². The summed E-state index contributed by atoms with van der Waals surface area (Å²) in [7, 11) is 0. The lowest BCUT2D eigenvalue weighted by Crippen LogP contribution is -2.31. The first-order valence-corrected chi connectivity index (χ1v) is 8.36. The number of carbonyl (C=O) groups excluding carboxylic acids is 2. The van der Waals surface area contributed by atoms with Gasteiger partial charge in [0.1, 0.15) is 5.60 Å². The van der Waals surface area contributed by atoms with Gasteiger partial charge in [-0.15, -0.1) is 0 Å². The van der Waals surface area contributed by atoms with Crippen LogP contribution in [0.3, 0.4) is 0 Å². The highest BCUT2D eigenvalue weighted by Crippen LogP contribution is 2.52. The lowest BCUT2D eigenvalue weighted by Gasteiger charge is -2.24. The summed E-state index contributed by atoms with van der Waals surface area (Å²) in [6, 6.07) is 7.33. The summed E-state index contributed by atoms with van der Waals surface area (Å²) in [4.78, 5) is 24.4. The number of rotatable bonds is 3. The van der Waals surface area contributed by atoms with Gasteiger partial charge in [0.25, 0.3) is 0 Å². The van der Waals surface area contributed by atoms with E-state index in [0.717, 1.165) is 17.6 Å². The maximum Gasteiger partial charge on any atom is 0.338 e. The first-order chi connectivity index (χ1) is 11.2. The third-order valence-electron chi connectivity index (χ3n) is 4.81. The minimum Gasteiger partial charge on any atom is -0.465 e. The van der Waals surface area contributed by atoms with E-state index in [9.17, 15) is 9.59 Å². The van der Waals surface area contributed by atoms with Gasteiger partial charge in [0.05, 0.1) is 17.6 Å². The Morgan fingerprint density at radius 3 is 2.62 bits per heavy atom. The SMILES string of the molecule is C=C1C[C@@H]2COC(=O)[C@]2(Cc2ccc(C(=O)OC(C)(C)C)cc2)C1. The molecule has 1 saturated carbocycles. The Hall–Kier alpha value is -2.10. The molecular weight excluding hydrogens is 304 g/mol. The lowest BCUT2D eigenvalue weighted by atomic mass is 9.75. The molecule has 1 aliphatic heterocycles. The van der Waals surface area contributed by atoms with Gasteiger partial charge < -0.3 is 9.47 Å². The van der Waals surface area contributed by atoms with Crippen molar-refractivity contribution in [2.24, 2.45) is 11.3 Å². The van der Waals surface area contributed by atoms with Crippen molar-refractivity contribution < 1.29 is 19.1 Å². The minimum absolute atomic E-state index is 0.109. The number of allylic oxidation sites excluding steroid dienone is 1. The van der Waals surface area contributed by atoms with Crippen molar-refractivity contribution in [3.8, 4) is 0 Å². The van der Waals surface area contributed by atoms with Gasteiger partial charge in [-0.2, -0.15) is 0 Å². The zero-order chi connectivity index (χ0) is 17.5. The largest absolute Gasteiger partial charge is 0.465 e. The molecule has 2 aliphatic rings. The van der Waals surface area contributed by atoms with E-state index >= 15 is 0 Å². The van der Waals surface area contributed by atoms with E-state index in [1.54, 1.807) is 12.1 Å². The molecule has 1 aliphatic carbocycles. The standard InChI is InChI=1S/C20H24O4/c1-13-9-16-12-23-18(22)20(16,10-13)11-14-5-7-15(8-6-14)17(21)24-19(2,3)4/h5-8,16H,1,9-12H2,2-4H3/t16-,20+/m1/s1. The van der Waals surface area contributed by atoms with E-state index in [-0.39, 0.29) is 17.9 Å². The molecule has 2 fully saturated rings. The van der Waals surface area contributed by atoms with Crippen LogP contribution in [-0.2, 0) is 20.7 Å². The number of esters is 2. The first-order valence-electron chi connectivity index (χ1n) is 8.36.